The first-order valence-corrected chi connectivity index (χ1v) is 6.07. The Morgan fingerprint density at radius 3 is 2.21 bits per heavy atom. The number of hydrogen-bond acceptors (Lipinski definition) is 2. The number of nitrogens with zero attached hydrogens (tertiary/aromatic N) is 1. The number of nitriles is 1. The van der Waals surface area contributed by atoms with Crippen molar-refractivity contribution in [3.63, 3.8) is 0 Å². The van der Waals surface area contributed by atoms with E-state index in [0.29, 0.717) is 12.1 Å². The molecular formula is C17H14N2. The molecule has 2 aromatic carbocycles. The van der Waals surface area contributed by atoms with Crippen LogP contribution in [0, 0.1) is 30.1 Å². The fraction of sp³-hybridized carbons (Fsp3) is 0.118. The largest absolute Gasteiger partial charge is 0.374 e. The zero-order valence-electron chi connectivity index (χ0n) is 10.8. The van der Waals surface area contributed by atoms with Crippen LogP contribution in [0.1, 0.15) is 16.7 Å². The van der Waals surface area contributed by atoms with Gasteiger partial charge in [0.25, 0.3) is 0 Å². The van der Waals surface area contributed by atoms with Crippen molar-refractivity contribution in [1.82, 2.24) is 0 Å². The van der Waals surface area contributed by atoms with Crippen molar-refractivity contribution in [2.45, 2.75) is 6.92 Å². The summed E-state index contributed by atoms with van der Waals surface area (Å²) in [4.78, 5) is 0. The highest BCUT2D eigenvalue weighted by molar-refractivity contribution is 5.48. The van der Waals surface area contributed by atoms with Gasteiger partial charge in [0.15, 0.2) is 0 Å². The molecule has 2 rings (SSSR count). The van der Waals surface area contributed by atoms with Gasteiger partial charge in [-0.05, 0) is 43.3 Å². The average Bonchev–Trinajstić information content (AvgIpc) is 2.46. The molecule has 0 fully saturated rings. The van der Waals surface area contributed by atoms with Gasteiger partial charge in [-0.3, -0.25) is 0 Å². The lowest BCUT2D eigenvalue weighted by molar-refractivity contribution is 1.37. The number of nitrogens with one attached hydrogen (secondary N) is 1. The Hall–Kier alpha value is -2.71. The molecule has 0 aromatic heterocycles. The van der Waals surface area contributed by atoms with E-state index < -0.39 is 0 Å². The Morgan fingerprint density at radius 1 is 0.947 bits per heavy atom. The molecule has 2 nitrogen and oxygen atoms in total. The van der Waals surface area contributed by atoms with Crippen LogP contribution >= 0.6 is 0 Å². The molecule has 0 amide bonds. The van der Waals surface area contributed by atoms with E-state index in [-0.39, 0.29) is 0 Å². The smallest absolute Gasteiger partial charge is 0.0991 e. The number of hydrogen-bond donors (Lipinski definition) is 1. The standard InChI is InChI=1S/C17H14N2/c1-14-4-6-15(7-5-14)3-2-12-19-17-10-8-16(13-18)9-11-17/h4-11,19H,12H2,1H3. The number of benzene rings is 2. The molecule has 2 aromatic rings. The van der Waals surface area contributed by atoms with Crippen LogP contribution in [0.5, 0.6) is 0 Å². The molecule has 0 heterocycles. The third kappa shape index (κ3) is 3.91. The number of aryl methyl sites for hydroxylation is 1. The highest BCUT2D eigenvalue weighted by Gasteiger charge is 1.91. The van der Waals surface area contributed by atoms with Gasteiger partial charge in [-0.15, -0.1) is 0 Å². The lowest BCUT2D eigenvalue weighted by atomic mass is 10.1. The van der Waals surface area contributed by atoms with Gasteiger partial charge in [-0.1, -0.05) is 29.5 Å². The van der Waals surface area contributed by atoms with E-state index in [2.05, 4.69) is 42.3 Å². The van der Waals surface area contributed by atoms with Crippen LogP contribution in [0.15, 0.2) is 48.5 Å². The van der Waals surface area contributed by atoms with Gasteiger partial charge in [0.1, 0.15) is 0 Å². The quantitative estimate of drug-likeness (QED) is 0.825. The molecule has 0 spiro atoms. The monoisotopic (exact) mass is 246 g/mol. The van der Waals surface area contributed by atoms with Crippen molar-refractivity contribution in [3.8, 4) is 17.9 Å². The first kappa shape index (κ1) is 12.7. The predicted molar refractivity (Wildman–Crippen MR) is 77.7 cm³/mol. The molecule has 19 heavy (non-hydrogen) atoms. The van der Waals surface area contributed by atoms with E-state index in [9.17, 15) is 0 Å². The predicted octanol–water partition coefficient (Wildman–Crippen LogP) is 3.33. The Bertz CT molecular complexity index is 635. The second-order valence-electron chi connectivity index (χ2n) is 4.21. The van der Waals surface area contributed by atoms with Crippen LogP contribution in [-0.4, -0.2) is 6.54 Å². The van der Waals surface area contributed by atoms with E-state index in [4.69, 9.17) is 5.26 Å². The highest BCUT2D eigenvalue weighted by atomic mass is 14.8. The maximum Gasteiger partial charge on any atom is 0.0991 e. The lowest BCUT2D eigenvalue weighted by Gasteiger charge is -2.00. The molecule has 0 saturated heterocycles. The summed E-state index contributed by atoms with van der Waals surface area (Å²) in [7, 11) is 0. The minimum atomic E-state index is 0.583. The Kier molecular flexibility index (Phi) is 4.21. The van der Waals surface area contributed by atoms with Crippen molar-refractivity contribution in [2.75, 3.05) is 11.9 Å². The molecule has 0 saturated carbocycles. The van der Waals surface area contributed by atoms with Gasteiger partial charge in [-0.25, -0.2) is 0 Å². The van der Waals surface area contributed by atoms with Gasteiger partial charge in [0.05, 0.1) is 18.2 Å². The zero-order chi connectivity index (χ0) is 13.5. The van der Waals surface area contributed by atoms with Crippen LogP contribution in [-0.2, 0) is 0 Å². The van der Waals surface area contributed by atoms with Crippen LogP contribution in [0.3, 0.4) is 0 Å². The van der Waals surface area contributed by atoms with E-state index in [1.165, 1.54) is 5.56 Å². The van der Waals surface area contributed by atoms with Crippen molar-refractivity contribution >= 4 is 5.69 Å². The third-order valence-electron chi connectivity index (χ3n) is 2.68. The Morgan fingerprint density at radius 2 is 1.58 bits per heavy atom. The average molecular weight is 246 g/mol. The molecular weight excluding hydrogens is 232 g/mol. The van der Waals surface area contributed by atoms with Gasteiger partial charge < -0.3 is 5.32 Å². The van der Waals surface area contributed by atoms with Gasteiger partial charge in [0.2, 0.25) is 0 Å². The summed E-state index contributed by atoms with van der Waals surface area (Å²) in [5, 5.41) is 11.9. The lowest BCUT2D eigenvalue weighted by Crippen LogP contribution is -1.98. The second kappa shape index (κ2) is 6.28. The number of rotatable bonds is 2. The molecule has 0 aliphatic rings. The third-order valence-corrected chi connectivity index (χ3v) is 2.68. The van der Waals surface area contributed by atoms with E-state index in [0.717, 1.165) is 11.3 Å². The van der Waals surface area contributed by atoms with Crippen molar-refractivity contribution in [1.29, 1.82) is 5.26 Å². The van der Waals surface area contributed by atoms with Crippen molar-refractivity contribution in [2.24, 2.45) is 0 Å². The zero-order valence-corrected chi connectivity index (χ0v) is 10.8. The Balaban J connectivity index is 1.90. The fourth-order valence-corrected chi connectivity index (χ4v) is 1.59. The van der Waals surface area contributed by atoms with Crippen LogP contribution in [0.4, 0.5) is 5.69 Å². The first-order chi connectivity index (χ1) is 9.28. The molecule has 0 aliphatic heterocycles. The van der Waals surface area contributed by atoms with E-state index in [1.807, 2.05) is 24.3 Å². The topological polar surface area (TPSA) is 35.8 Å². The van der Waals surface area contributed by atoms with Gasteiger partial charge >= 0.3 is 0 Å². The second-order valence-corrected chi connectivity index (χ2v) is 4.21. The summed E-state index contributed by atoms with van der Waals surface area (Å²) >= 11 is 0. The van der Waals surface area contributed by atoms with E-state index >= 15 is 0 Å². The SMILES string of the molecule is Cc1ccc(C#CCNc2ccc(C#N)cc2)cc1. The molecule has 0 radical (unpaired) electrons. The molecule has 0 bridgehead atoms. The maximum atomic E-state index is 8.70. The molecule has 0 unspecified atom stereocenters. The van der Waals surface area contributed by atoms with Crippen LogP contribution in [0.2, 0.25) is 0 Å². The molecule has 0 atom stereocenters. The van der Waals surface area contributed by atoms with Crippen LogP contribution in [0.25, 0.3) is 0 Å². The normalized spacial score (nSPS) is 9.05. The first-order valence-electron chi connectivity index (χ1n) is 6.07. The van der Waals surface area contributed by atoms with Gasteiger partial charge in [0, 0.05) is 11.3 Å². The summed E-state index contributed by atoms with van der Waals surface area (Å²) < 4.78 is 0. The minimum absolute atomic E-state index is 0.583. The minimum Gasteiger partial charge on any atom is -0.374 e. The summed E-state index contributed by atoms with van der Waals surface area (Å²) in [6.07, 6.45) is 0. The van der Waals surface area contributed by atoms with Crippen molar-refractivity contribution in [3.05, 3.63) is 65.2 Å². The molecule has 2 heteroatoms. The Labute approximate surface area is 113 Å². The van der Waals surface area contributed by atoms with Crippen LogP contribution < -0.4 is 5.32 Å². The maximum absolute atomic E-state index is 8.70. The molecule has 1 N–H and O–H groups in total. The summed E-state index contributed by atoms with van der Waals surface area (Å²) in [5.74, 6) is 6.17. The summed E-state index contributed by atoms with van der Waals surface area (Å²) in [6.45, 7) is 2.64. The summed E-state index contributed by atoms with van der Waals surface area (Å²) in [6, 6.07) is 17.6. The fourth-order valence-electron chi connectivity index (χ4n) is 1.59. The van der Waals surface area contributed by atoms with Crippen molar-refractivity contribution < 1.29 is 0 Å². The number of anilines is 1. The molecule has 92 valence electrons. The summed E-state index contributed by atoms with van der Waals surface area (Å²) in [5.41, 5.74) is 3.89. The van der Waals surface area contributed by atoms with Gasteiger partial charge in [-0.2, -0.15) is 5.26 Å². The van der Waals surface area contributed by atoms with E-state index in [1.54, 1.807) is 12.1 Å². The molecule has 0 aliphatic carbocycles. The highest BCUT2D eigenvalue weighted by Crippen LogP contribution is 2.07.